The highest BCUT2D eigenvalue weighted by Gasteiger charge is 2.33. The normalized spacial score (nSPS) is 21.8. The number of nitrogens with one attached hydrogen (secondary N) is 2. The number of aliphatic hydroxyl groups is 1. The molecule has 60 heavy (non-hydrogen) atoms. The van der Waals surface area contributed by atoms with E-state index in [4.69, 9.17) is 10.1 Å². The Bertz CT molecular complexity index is 2580. The van der Waals surface area contributed by atoms with Crippen molar-refractivity contribution in [2.75, 3.05) is 62.6 Å². The summed E-state index contributed by atoms with van der Waals surface area (Å²) < 4.78 is 6.57. The van der Waals surface area contributed by atoms with E-state index < -0.39 is 17.6 Å². The lowest BCUT2D eigenvalue weighted by molar-refractivity contribution is -0.135. The summed E-state index contributed by atoms with van der Waals surface area (Å²) in [6, 6.07) is 6.93. The monoisotopic (exact) mass is 816 g/mol. The molecule has 3 aliphatic heterocycles. The number of nitrogens with zero attached hydrogens (tertiary/aromatic N) is 10. The molecule has 3 amide bonds. The molecule has 1 aliphatic carbocycles. The van der Waals surface area contributed by atoms with E-state index in [-0.39, 0.29) is 36.4 Å². The van der Waals surface area contributed by atoms with Crippen LogP contribution in [0.25, 0.3) is 16.7 Å². The van der Waals surface area contributed by atoms with Gasteiger partial charge in [-0.15, -0.1) is 0 Å². The van der Waals surface area contributed by atoms with Gasteiger partial charge in [-0.1, -0.05) is 17.9 Å². The maximum absolute atomic E-state index is 13.6. The predicted octanol–water partition coefficient (Wildman–Crippen LogP) is 2.65. The van der Waals surface area contributed by atoms with Gasteiger partial charge in [0.2, 0.25) is 11.8 Å². The zero-order valence-corrected chi connectivity index (χ0v) is 34.4. The second kappa shape index (κ2) is 16.0. The van der Waals surface area contributed by atoms with E-state index in [0.29, 0.717) is 46.1 Å². The summed E-state index contributed by atoms with van der Waals surface area (Å²) in [5, 5.41) is 25.6. The molecule has 0 bridgehead atoms. The maximum atomic E-state index is 13.6. The number of carbonyl (C=O) groups is 3. The van der Waals surface area contributed by atoms with E-state index in [0.717, 1.165) is 89.3 Å². The molecule has 7 heterocycles. The van der Waals surface area contributed by atoms with Gasteiger partial charge in [-0.3, -0.25) is 38.4 Å². The number of piperazine rings is 1. The topological polar surface area (TPSA) is 180 Å². The largest absolute Gasteiger partial charge is 0.384 e. The van der Waals surface area contributed by atoms with E-state index >= 15 is 0 Å². The third-order valence-corrected chi connectivity index (χ3v) is 12.7. The number of aryl methyl sites for hydroxylation is 1. The van der Waals surface area contributed by atoms with Gasteiger partial charge < -0.3 is 20.2 Å². The quantitative estimate of drug-likeness (QED) is 0.147. The van der Waals surface area contributed by atoms with Gasteiger partial charge in [0.15, 0.2) is 5.65 Å². The lowest BCUT2D eigenvalue weighted by atomic mass is 9.85. The summed E-state index contributed by atoms with van der Waals surface area (Å²) in [5.41, 5.74) is 2.26. The molecule has 9 rings (SSSR count). The molecule has 1 unspecified atom stereocenters. The Morgan fingerprint density at radius 1 is 1.00 bits per heavy atom. The first-order valence-electron chi connectivity index (χ1n) is 21.1. The van der Waals surface area contributed by atoms with Crippen LogP contribution in [0.5, 0.6) is 0 Å². The molecule has 3 N–H and O–H groups in total. The van der Waals surface area contributed by atoms with Crippen molar-refractivity contribution in [2.45, 2.75) is 76.5 Å². The Labute approximate surface area is 347 Å². The molecule has 5 aromatic rings. The minimum atomic E-state index is -1.26. The van der Waals surface area contributed by atoms with E-state index in [1.807, 2.05) is 41.3 Å². The van der Waals surface area contributed by atoms with Gasteiger partial charge in [0, 0.05) is 71.7 Å². The first kappa shape index (κ1) is 39.6. The number of benzene rings is 1. The average molecular weight is 817 g/mol. The summed E-state index contributed by atoms with van der Waals surface area (Å²) in [7, 11) is 1.69. The van der Waals surface area contributed by atoms with Gasteiger partial charge in [-0.25, -0.2) is 14.3 Å². The number of piperidine rings is 1. The van der Waals surface area contributed by atoms with Crippen molar-refractivity contribution in [3.05, 3.63) is 70.2 Å². The van der Waals surface area contributed by atoms with Crippen LogP contribution in [-0.2, 0) is 22.2 Å². The third-order valence-electron chi connectivity index (χ3n) is 12.7. The number of para-hydroxylation sites is 1. The van der Waals surface area contributed by atoms with Crippen LogP contribution in [0.1, 0.15) is 92.5 Å². The van der Waals surface area contributed by atoms with Crippen LogP contribution in [-0.4, -0.2) is 118 Å². The lowest BCUT2D eigenvalue weighted by Crippen LogP contribution is -2.48. The highest BCUT2D eigenvalue weighted by atomic mass is 16.3. The number of aromatic nitrogens is 7. The van der Waals surface area contributed by atoms with Crippen molar-refractivity contribution in [3.63, 3.8) is 0 Å². The number of amides is 3. The third kappa shape index (κ3) is 7.70. The number of rotatable bonds is 9. The van der Waals surface area contributed by atoms with Crippen LogP contribution in [0.3, 0.4) is 0 Å². The lowest BCUT2D eigenvalue weighted by Gasteiger charge is -2.37. The molecule has 17 nitrogen and oxygen atoms in total. The highest BCUT2D eigenvalue weighted by Crippen LogP contribution is 2.36. The van der Waals surface area contributed by atoms with Gasteiger partial charge in [0.1, 0.15) is 28.7 Å². The molecule has 1 saturated carbocycles. The molecule has 1 aromatic carbocycles. The molecule has 4 aliphatic rings. The zero-order valence-electron chi connectivity index (χ0n) is 34.4. The minimum absolute atomic E-state index is 0.172. The average Bonchev–Trinajstić information content (AvgIpc) is 3.90. The molecule has 0 radical (unpaired) electrons. The smallest absolute Gasteiger partial charge is 0.329 e. The van der Waals surface area contributed by atoms with Gasteiger partial charge in [-0.05, 0) is 76.5 Å². The van der Waals surface area contributed by atoms with E-state index in [2.05, 4.69) is 42.3 Å². The fraction of sp³-hybridized carbons (Fsp3) is 0.512. The Balaban J connectivity index is 0.778. The van der Waals surface area contributed by atoms with Crippen LogP contribution < -0.4 is 21.2 Å². The molecular weight excluding hydrogens is 765 g/mol. The van der Waals surface area contributed by atoms with E-state index in [1.165, 1.54) is 10.8 Å². The number of imide groups is 1. The number of fused-ring (bicyclic) bond motifs is 2. The Morgan fingerprint density at radius 2 is 1.77 bits per heavy atom. The molecule has 3 saturated heterocycles. The minimum Gasteiger partial charge on any atom is -0.384 e. The van der Waals surface area contributed by atoms with Crippen molar-refractivity contribution in [3.8, 4) is 11.8 Å². The highest BCUT2D eigenvalue weighted by molar-refractivity contribution is 6.08. The van der Waals surface area contributed by atoms with Crippen molar-refractivity contribution >= 4 is 45.9 Å². The molecule has 4 fully saturated rings. The van der Waals surface area contributed by atoms with E-state index in [1.54, 1.807) is 30.0 Å². The second-order valence-electron chi connectivity index (χ2n) is 17.2. The van der Waals surface area contributed by atoms with Crippen LogP contribution in [0, 0.1) is 17.8 Å². The number of anilines is 2. The summed E-state index contributed by atoms with van der Waals surface area (Å²) in [5.74, 6) is 6.93. The number of hydrogen-bond donors (Lipinski definition) is 3. The Kier molecular flexibility index (Phi) is 10.6. The number of imidazole rings is 1. The van der Waals surface area contributed by atoms with Crippen molar-refractivity contribution in [1.29, 1.82) is 0 Å². The van der Waals surface area contributed by atoms with Crippen molar-refractivity contribution < 1.29 is 19.5 Å². The van der Waals surface area contributed by atoms with Crippen molar-refractivity contribution in [2.24, 2.45) is 13.0 Å². The Hall–Kier alpha value is -5.83. The fourth-order valence-electron chi connectivity index (χ4n) is 9.16. The number of carbonyl (C=O) groups excluding carboxylic acids is 3. The second-order valence-corrected chi connectivity index (χ2v) is 17.2. The standard InChI is InChI=1S/C43H52N12O5/c1-43(2,60)38-32(45-40(57)31-25-44-53-20-16-35(46-39(31)53)52-18-6-19-52)27-54(48-38)30-12-10-28(11-13-30)26-51-23-21-50(22-24-51)17-5-8-29-7-4-9-33-37(29)49(3)42(59)55(33)34-14-15-36(56)47-41(34)58/h4,7,9,16,20,25,27-28,30,34,60H,6,10-15,17-19,21-24,26H2,1-3H3,(H,45,57)(H,47,56,58). The number of hydrogen-bond acceptors (Lipinski definition) is 11. The zero-order chi connectivity index (χ0) is 41.7. The molecule has 17 heteroatoms. The molecular formula is C43H52N12O5. The van der Waals surface area contributed by atoms with Crippen molar-refractivity contribution in [1.82, 2.24) is 48.6 Å². The van der Waals surface area contributed by atoms with Gasteiger partial charge in [-0.2, -0.15) is 10.2 Å². The van der Waals surface area contributed by atoms with Crippen LogP contribution in [0.2, 0.25) is 0 Å². The summed E-state index contributed by atoms with van der Waals surface area (Å²) in [6.07, 6.45) is 10.9. The molecule has 1 atom stereocenters. The van der Waals surface area contributed by atoms with Crippen LogP contribution in [0.15, 0.2) is 47.7 Å². The molecule has 0 spiro atoms. The maximum Gasteiger partial charge on any atom is 0.329 e. The summed E-state index contributed by atoms with van der Waals surface area (Å²) in [4.78, 5) is 63.1. The summed E-state index contributed by atoms with van der Waals surface area (Å²) >= 11 is 0. The van der Waals surface area contributed by atoms with Crippen LogP contribution in [0.4, 0.5) is 11.5 Å². The first-order chi connectivity index (χ1) is 28.9. The molecule has 314 valence electrons. The van der Waals surface area contributed by atoms with Gasteiger partial charge in [0.05, 0.1) is 41.1 Å². The first-order valence-corrected chi connectivity index (χ1v) is 21.1. The van der Waals surface area contributed by atoms with Gasteiger partial charge >= 0.3 is 5.69 Å². The van der Waals surface area contributed by atoms with E-state index in [9.17, 15) is 24.3 Å². The summed E-state index contributed by atoms with van der Waals surface area (Å²) in [6.45, 7) is 10.7. The fourth-order valence-corrected chi connectivity index (χ4v) is 9.16. The van der Waals surface area contributed by atoms with Crippen LogP contribution >= 0.6 is 0 Å². The molecule has 4 aromatic heterocycles. The Morgan fingerprint density at radius 3 is 2.48 bits per heavy atom. The predicted molar refractivity (Wildman–Crippen MR) is 225 cm³/mol. The van der Waals surface area contributed by atoms with Gasteiger partial charge in [0.25, 0.3) is 5.91 Å². The SMILES string of the molecule is Cn1c(=O)n(C2CCC(=O)NC2=O)c2cccc(C#CCN3CCN(CC4CCC(n5cc(NC(=O)c6cnn7ccc(N8CCC8)nc67)c(C(C)(C)O)n5)CC4)CC3)c21.